The zero-order valence-electron chi connectivity index (χ0n) is 13.0. The molecule has 1 heterocycles. The zero-order valence-corrected chi connectivity index (χ0v) is 13.8. The Morgan fingerprint density at radius 3 is 2.29 bits per heavy atom. The van der Waals surface area contributed by atoms with Crippen LogP contribution in [0.1, 0.15) is 33.6 Å². The molecule has 8 heteroatoms. The first-order valence-electron chi connectivity index (χ1n) is 6.97. The van der Waals surface area contributed by atoms with Crippen LogP contribution in [0.5, 0.6) is 0 Å². The van der Waals surface area contributed by atoms with Crippen LogP contribution in [0.25, 0.3) is 0 Å². The first kappa shape index (κ1) is 17.7. The highest BCUT2D eigenvalue weighted by Gasteiger charge is 2.38. The normalized spacial score (nSPS) is 21.0. The third-order valence-electron chi connectivity index (χ3n) is 4.26. The molecule has 0 spiro atoms. The molecule has 0 aromatic carbocycles. The number of nitrogens with zero attached hydrogens (tertiary/aromatic N) is 2. The molecule has 21 heavy (non-hydrogen) atoms. The van der Waals surface area contributed by atoms with Gasteiger partial charge in [-0.05, 0) is 26.7 Å². The number of carboxylic acids is 1. The highest BCUT2D eigenvalue weighted by Crippen LogP contribution is 2.23. The number of hydrogen-bond donors (Lipinski definition) is 1. The number of rotatable bonds is 5. The molecule has 7 nitrogen and oxygen atoms in total. The quantitative estimate of drug-likeness (QED) is 0.808. The Morgan fingerprint density at radius 1 is 1.33 bits per heavy atom. The molecular weight excluding hydrogens is 296 g/mol. The summed E-state index contributed by atoms with van der Waals surface area (Å²) in [6.07, 6.45) is 1.00. The third kappa shape index (κ3) is 4.33. The van der Waals surface area contributed by atoms with Gasteiger partial charge in [-0.25, -0.2) is 13.2 Å². The number of amides is 2. The van der Waals surface area contributed by atoms with Gasteiger partial charge in [-0.1, -0.05) is 6.92 Å². The first-order valence-corrected chi connectivity index (χ1v) is 8.79. The van der Waals surface area contributed by atoms with Crippen LogP contribution < -0.4 is 0 Å². The third-order valence-corrected chi connectivity index (χ3v) is 6.01. The van der Waals surface area contributed by atoms with Crippen molar-refractivity contribution in [3.8, 4) is 0 Å². The Bertz CT molecular complexity index is 515. The van der Waals surface area contributed by atoms with Crippen molar-refractivity contribution in [3.05, 3.63) is 0 Å². The van der Waals surface area contributed by atoms with Crippen LogP contribution in [0.2, 0.25) is 0 Å². The molecule has 1 saturated heterocycles. The summed E-state index contributed by atoms with van der Waals surface area (Å²) in [5.41, 5.74) is -0.425. The molecule has 1 aliphatic heterocycles. The van der Waals surface area contributed by atoms with Crippen molar-refractivity contribution in [1.29, 1.82) is 0 Å². The smallest absolute Gasteiger partial charge is 0.323 e. The highest BCUT2D eigenvalue weighted by molar-refractivity contribution is 7.91. The van der Waals surface area contributed by atoms with E-state index < -0.39 is 40.0 Å². The number of hydrogen-bond acceptors (Lipinski definition) is 4. The van der Waals surface area contributed by atoms with Gasteiger partial charge < -0.3 is 14.9 Å². The molecule has 2 amide bonds. The predicted octanol–water partition coefficient (Wildman–Crippen LogP) is 0.801. The fraction of sp³-hybridized carbons (Fsp3) is 0.846. The summed E-state index contributed by atoms with van der Waals surface area (Å²) in [6.45, 7) is 5.22. The van der Waals surface area contributed by atoms with E-state index in [-0.39, 0.29) is 11.5 Å². The van der Waals surface area contributed by atoms with E-state index in [0.717, 1.165) is 0 Å². The van der Waals surface area contributed by atoms with Gasteiger partial charge in [0.05, 0.1) is 11.5 Å². The second kappa shape index (κ2) is 6.21. The van der Waals surface area contributed by atoms with Gasteiger partial charge in [0.25, 0.3) is 0 Å². The SMILES string of the molecule is CCC(C)(C)N(C)C(=O)N(CC(=O)O)C1CCS(=O)(=O)C1. The van der Waals surface area contributed by atoms with E-state index in [4.69, 9.17) is 5.11 Å². The molecule has 1 atom stereocenters. The van der Waals surface area contributed by atoms with E-state index in [1.807, 2.05) is 20.8 Å². The molecule has 0 bridgehead atoms. The van der Waals surface area contributed by atoms with Gasteiger partial charge in [0.1, 0.15) is 6.54 Å². The van der Waals surface area contributed by atoms with E-state index in [2.05, 4.69) is 0 Å². The van der Waals surface area contributed by atoms with Gasteiger partial charge in [-0.2, -0.15) is 0 Å². The number of carbonyl (C=O) groups excluding carboxylic acids is 1. The van der Waals surface area contributed by atoms with E-state index in [1.54, 1.807) is 7.05 Å². The summed E-state index contributed by atoms with van der Waals surface area (Å²) in [5.74, 6) is -1.30. The summed E-state index contributed by atoms with van der Waals surface area (Å²) < 4.78 is 23.2. The molecule has 0 aromatic rings. The molecule has 0 aliphatic carbocycles. The van der Waals surface area contributed by atoms with E-state index >= 15 is 0 Å². The van der Waals surface area contributed by atoms with Crippen LogP contribution >= 0.6 is 0 Å². The van der Waals surface area contributed by atoms with Crippen LogP contribution in [-0.4, -0.2) is 72.0 Å². The van der Waals surface area contributed by atoms with Gasteiger partial charge in [-0.3, -0.25) is 4.79 Å². The standard InChI is InChI=1S/C13H24N2O5S/c1-5-13(2,3)14(4)12(18)15(8-11(16)17)10-6-7-21(19,20)9-10/h10H,5-9H2,1-4H3,(H,16,17). The Balaban J connectivity index is 2.98. The minimum Gasteiger partial charge on any atom is -0.480 e. The lowest BCUT2D eigenvalue weighted by atomic mass is 10.0. The summed E-state index contributed by atoms with van der Waals surface area (Å²) in [5, 5.41) is 9.00. The van der Waals surface area contributed by atoms with Crippen molar-refractivity contribution in [3.63, 3.8) is 0 Å². The maximum absolute atomic E-state index is 12.6. The Hall–Kier alpha value is -1.31. The molecule has 1 aliphatic rings. The maximum Gasteiger partial charge on any atom is 0.323 e. The lowest BCUT2D eigenvalue weighted by Crippen LogP contribution is -2.55. The summed E-state index contributed by atoms with van der Waals surface area (Å²) in [4.78, 5) is 26.2. The molecule has 0 aromatic heterocycles. The van der Waals surface area contributed by atoms with E-state index in [0.29, 0.717) is 12.8 Å². The largest absolute Gasteiger partial charge is 0.480 e. The monoisotopic (exact) mass is 320 g/mol. The maximum atomic E-state index is 12.6. The highest BCUT2D eigenvalue weighted by atomic mass is 32.2. The van der Waals surface area contributed by atoms with Crippen molar-refractivity contribution in [2.75, 3.05) is 25.1 Å². The van der Waals surface area contributed by atoms with Gasteiger partial charge in [0, 0.05) is 18.6 Å². The fourth-order valence-corrected chi connectivity index (χ4v) is 3.94. The molecule has 1 unspecified atom stereocenters. The average molecular weight is 320 g/mol. The van der Waals surface area contributed by atoms with Gasteiger partial charge in [-0.15, -0.1) is 0 Å². The number of sulfone groups is 1. The van der Waals surface area contributed by atoms with E-state index in [9.17, 15) is 18.0 Å². The summed E-state index contributed by atoms with van der Waals surface area (Å²) in [6, 6.07) is -1.000. The molecule has 0 saturated carbocycles. The topological polar surface area (TPSA) is 95.0 Å². The average Bonchev–Trinajstić information content (AvgIpc) is 2.74. The second-order valence-electron chi connectivity index (χ2n) is 6.09. The molecule has 1 fully saturated rings. The van der Waals surface area contributed by atoms with Crippen molar-refractivity contribution in [2.24, 2.45) is 0 Å². The summed E-state index contributed by atoms with van der Waals surface area (Å²) >= 11 is 0. The van der Waals surface area contributed by atoms with Crippen LogP contribution in [0.4, 0.5) is 4.79 Å². The lowest BCUT2D eigenvalue weighted by Gasteiger charge is -2.39. The number of urea groups is 1. The van der Waals surface area contributed by atoms with Gasteiger partial charge >= 0.3 is 12.0 Å². The predicted molar refractivity (Wildman–Crippen MR) is 78.9 cm³/mol. The van der Waals surface area contributed by atoms with Crippen molar-refractivity contribution in [2.45, 2.75) is 45.2 Å². The zero-order chi connectivity index (χ0) is 16.4. The number of aliphatic carboxylic acids is 1. The number of carbonyl (C=O) groups is 2. The fourth-order valence-electron chi connectivity index (χ4n) is 2.21. The summed E-state index contributed by atoms with van der Waals surface area (Å²) in [7, 11) is -1.57. The van der Waals surface area contributed by atoms with Crippen LogP contribution in [0, 0.1) is 0 Å². The first-order chi connectivity index (χ1) is 9.50. The van der Waals surface area contributed by atoms with Gasteiger partial charge in [0.15, 0.2) is 9.84 Å². The number of carboxylic acid groups (broad SMARTS) is 1. The lowest BCUT2D eigenvalue weighted by molar-refractivity contribution is -0.138. The Kier molecular flexibility index (Phi) is 5.25. The molecule has 1 N–H and O–H groups in total. The molecule has 1 rings (SSSR count). The van der Waals surface area contributed by atoms with Crippen LogP contribution in [0.3, 0.4) is 0 Å². The molecule has 122 valence electrons. The minimum atomic E-state index is -3.18. The van der Waals surface area contributed by atoms with Crippen molar-refractivity contribution >= 4 is 21.8 Å². The second-order valence-corrected chi connectivity index (χ2v) is 8.31. The van der Waals surface area contributed by atoms with Crippen molar-refractivity contribution in [1.82, 2.24) is 9.80 Å². The molecular formula is C13H24N2O5S. The Labute approximate surface area is 125 Å². The van der Waals surface area contributed by atoms with Crippen LogP contribution in [0.15, 0.2) is 0 Å². The molecule has 0 radical (unpaired) electrons. The van der Waals surface area contributed by atoms with Crippen LogP contribution in [-0.2, 0) is 14.6 Å². The minimum absolute atomic E-state index is 0.00194. The van der Waals surface area contributed by atoms with E-state index in [1.165, 1.54) is 9.80 Å². The Morgan fingerprint density at radius 2 is 1.90 bits per heavy atom. The van der Waals surface area contributed by atoms with Gasteiger partial charge in [0.2, 0.25) is 0 Å². The van der Waals surface area contributed by atoms with Crippen molar-refractivity contribution < 1.29 is 23.1 Å².